The molecule has 0 aliphatic carbocycles. The van der Waals surface area contributed by atoms with Gasteiger partial charge in [0.2, 0.25) is 0 Å². The normalized spacial score (nSPS) is 16.9. The first-order valence-electron chi connectivity index (χ1n) is 3.54. The third-order valence-electron chi connectivity index (χ3n) is 1.59. The Kier molecular flexibility index (Phi) is 3.42. The second kappa shape index (κ2) is 3.56. The SMILES string of the molecule is CCC(F)C(F)(F)C(F)(F)C(N)(F)F. The second-order valence-electron chi connectivity index (χ2n) is 2.70. The van der Waals surface area contributed by atoms with Crippen molar-refractivity contribution in [3.63, 3.8) is 0 Å². The highest BCUT2D eigenvalue weighted by molar-refractivity contribution is 4.97. The van der Waals surface area contributed by atoms with Crippen LogP contribution in [0.1, 0.15) is 13.3 Å². The van der Waals surface area contributed by atoms with Gasteiger partial charge in [-0.3, -0.25) is 5.73 Å². The van der Waals surface area contributed by atoms with Crippen molar-refractivity contribution in [2.24, 2.45) is 5.73 Å². The van der Waals surface area contributed by atoms with Crippen LogP contribution in [-0.2, 0) is 0 Å². The maximum atomic E-state index is 12.4. The molecule has 0 heterocycles. The summed E-state index contributed by atoms with van der Waals surface area (Å²) in [5, 5.41) is 0. The van der Waals surface area contributed by atoms with Crippen LogP contribution in [0, 0.1) is 0 Å². The van der Waals surface area contributed by atoms with Gasteiger partial charge < -0.3 is 0 Å². The highest BCUT2D eigenvalue weighted by Crippen LogP contribution is 2.46. The van der Waals surface area contributed by atoms with Crippen molar-refractivity contribution in [2.45, 2.75) is 37.4 Å². The van der Waals surface area contributed by atoms with Gasteiger partial charge in [0, 0.05) is 0 Å². The summed E-state index contributed by atoms with van der Waals surface area (Å²) < 4.78 is 85.4. The molecule has 0 bridgehead atoms. The van der Waals surface area contributed by atoms with Crippen LogP contribution in [0.25, 0.3) is 0 Å². The van der Waals surface area contributed by atoms with Crippen molar-refractivity contribution < 1.29 is 30.7 Å². The van der Waals surface area contributed by atoms with E-state index < -0.39 is 30.5 Å². The zero-order valence-corrected chi connectivity index (χ0v) is 7.01. The lowest BCUT2D eigenvalue weighted by atomic mass is 10.0. The predicted octanol–water partition coefficient (Wildman–Crippen LogP) is 2.56. The molecule has 2 N–H and O–H groups in total. The summed E-state index contributed by atoms with van der Waals surface area (Å²) in [4.78, 5) is 0. The maximum Gasteiger partial charge on any atom is 0.388 e. The van der Waals surface area contributed by atoms with Gasteiger partial charge in [0.25, 0.3) is 0 Å². The first kappa shape index (κ1) is 13.5. The van der Waals surface area contributed by atoms with Crippen molar-refractivity contribution in [1.82, 2.24) is 0 Å². The number of nitrogens with two attached hydrogens (primary N) is 1. The molecule has 0 fully saturated rings. The quantitative estimate of drug-likeness (QED) is 0.579. The zero-order valence-electron chi connectivity index (χ0n) is 7.01. The van der Waals surface area contributed by atoms with E-state index in [0.717, 1.165) is 6.92 Å². The first-order valence-corrected chi connectivity index (χ1v) is 3.54. The van der Waals surface area contributed by atoms with Gasteiger partial charge >= 0.3 is 17.9 Å². The van der Waals surface area contributed by atoms with Crippen LogP contribution in [0.3, 0.4) is 0 Å². The summed E-state index contributed by atoms with van der Waals surface area (Å²) in [7, 11) is 0. The smallest absolute Gasteiger partial charge is 0.267 e. The molecular formula is C6H8F7N. The lowest BCUT2D eigenvalue weighted by Crippen LogP contribution is -2.62. The molecule has 0 saturated carbocycles. The van der Waals surface area contributed by atoms with Gasteiger partial charge in [0.05, 0.1) is 0 Å². The molecule has 0 spiro atoms. The number of hydrogen-bond acceptors (Lipinski definition) is 1. The van der Waals surface area contributed by atoms with E-state index in [2.05, 4.69) is 5.73 Å². The van der Waals surface area contributed by atoms with Crippen LogP contribution >= 0.6 is 0 Å². The minimum Gasteiger partial charge on any atom is -0.267 e. The molecule has 1 nitrogen and oxygen atoms in total. The lowest BCUT2D eigenvalue weighted by Gasteiger charge is -2.31. The van der Waals surface area contributed by atoms with Crippen molar-refractivity contribution in [2.75, 3.05) is 0 Å². The Hall–Kier alpha value is -0.530. The van der Waals surface area contributed by atoms with E-state index in [1.807, 2.05) is 0 Å². The Bertz CT molecular complexity index is 197. The van der Waals surface area contributed by atoms with E-state index in [-0.39, 0.29) is 0 Å². The molecule has 0 aliphatic rings. The third-order valence-corrected chi connectivity index (χ3v) is 1.59. The van der Waals surface area contributed by atoms with Crippen LogP contribution < -0.4 is 5.73 Å². The molecule has 0 aliphatic heterocycles. The fraction of sp³-hybridized carbons (Fsp3) is 1.00. The predicted molar refractivity (Wildman–Crippen MR) is 34.2 cm³/mol. The highest BCUT2D eigenvalue weighted by Gasteiger charge is 2.72. The molecule has 8 heteroatoms. The van der Waals surface area contributed by atoms with Crippen molar-refractivity contribution >= 4 is 0 Å². The topological polar surface area (TPSA) is 26.0 Å². The Balaban J connectivity index is 5.07. The Morgan fingerprint density at radius 1 is 1.07 bits per heavy atom. The summed E-state index contributed by atoms with van der Waals surface area (Å²) in [6.45, 7) is 0.823. The lowest BCUT2D eigenvalue weighted by molar-refractivity contribution is -0.323. The molecule has 14 heavy (non-hydrogen) atoms. The van der Waals surface area contributed by atoms with Gasteiger partial charge in [-0.05, 0) is 6.42 Å². The molecule has 1 atom stereocenters. The van der Waals surface area contributed by atoms with Gasteiger partial charge in [0.1, 0.15) is 0 Å². The van der Waals surface area contributed by atoms with E-state index in [0.29, 0.717) is 0 Å². The number of halogens is 7. The van der Waals surface area contributed by atoms with Crippen LogP contribution in [-0.4, -0.2) is 24.1 Å². The number of hydrogen-bond donors (Lipinski definition) is 1. The largest absolute Gasteiger partial charge is 0.388 e. The van der Waals surface area contributed by atoms with Gasteiger partial charge in [-0.25, -0.2) is 4.39 Å². The Labute approximate surface area is 75.1 Å². The zero-order chi connectivity index (χ0) is 11.8. The Morgan fingerprint density at radius 3 is 1.64 bits per heavy atom. The summed E-state index contributed by atoms with van der Waals surface area (Å²) in [6, 6.07) is -5.46. The molecule has 0 aromatic rings. The molecule has 0 rings (SSSR count). The molecule has 1 unspecified atom stereocenters. The fourth-order valence-electron chi connectivity index (χ4n) is 0.675. The molecule has 0 amide bonds. The molecule has 0 radical (unpaired) electrons. The monoisotopic (exact) mass is 227 g/mol. The van der Waals surface area contributed by atoms with Gasteiger partial charge in [-0.1, -0.05) is 6.92 Å². The van der Waals surface area contributed by atoms with Crippen molar-refractivity contribution in [3.05, 3.63) is 0 Å². The average Bonchev–Trinajstić information content (AvgIpc) is 2.00. The van der Waals surface area contributed by atoms with Crippen LogP contribution in [0.4, 0.5) is 30.7 Å². The Morgan fingerprint density at radius 2 is 1.43 bits per heavy atom. The summed E-state index contributed by atoms with van der Waals surface area (Å²) in [5.74, 6) is -11.4. The van der Waals surface area contributed by atoms with Crippen molar-refractivity contribution in [1.29, 1.82) is 0 Å². The third kappa shape index (κ3) is 1.94. The van der Waals surface area contributed by atoms with Gasteiger partial charge in [-0.2, -0.15) is 26.3 Å². The summed E-state index contributed by atoms with van der Waals surface area (Å²) in [6.07, 6.45) is -4.38. The minimum absolute atomic E-state index is 0.823. The van der Waals surface area contributed by atoms with E-state index >= 15 is 0 Å². The molecule has 86 valence electrons. The molecular weight excluding hydrogens is 219 g/mol. The van der Waals surface area contributed by atoms with E-state index in [1.165, 1.54) is 0 Å². The van der Waals surface area contributed by atoms with E-state index in [9.17, 15) is 30.7 Å². The van der Waals surface area contributed by atoms with Crippen molar-refractivity contribution in [3.8, 4) is 0 Å². The maximum absolute atomic E-state index is 12.4. The number of rotatable bonds is 4. The highest BCUT2D eigenvalue weighted by atomic mass is 19.3. The fourth-order valence-corrected chi connectivity index (χ4v) is 0.675. The molecule has 0 aromatic carbocycles. The summed E-state index contributed by atoms with van der Waals surface area (Å²) in [5.41, 5.74) is 3.56. The van der Waals surface area contributed by atoms with Gasteiger partial charge in [0.15, 0.2) is 6.17 Å². The standard InChI is InChI=1S/C6H8F7N/c1-2-3(7)4(8,9)5(10,11)6(12,13)14/h3H,2,14H2,1H3. The van der Waals surface area contributed by atoms with Crippen LogP contribution in [0.5, 0.6) is 0 Å². The van der Waals surface area contributed by atoms with E-state index in [1.54, 1.807) is 0 Å². The summed E-state index contributed by atoms with van der Waals surface area (Å²) >= 11 is 0. The minimum atomic E-state index is -5.91. The molecule has 0 saturated heterocycles. The van der Waals surface area contributed by atoms with Crippen LogP contribution in [0.2, 0.25) is 0 Å². The van der Waals surface area contributed by atoms with E-state index in [4.69, 9.17) is 0 Å². The average molecular weight is 227 g/mol. The number of alkyl halides is 7. The second-order valence-corrected chi connectivity index (χ2v) is 2.70. The van der Waals surface area contributed by atoms with Gasteiger partial charge in [-0.15, -0.1) is 0 Å². The molecule has 0 aromatic heterocycles. The first-order chi connectivity index (χ1) is 5.98. The van der Waals surface area contributed by atoms with Crippen LogP contribution in [0.15, 0.2) is 0 Å².